The van der Waals surface area contributed by atoms with Gasteiger partial charge in [-0.2, -0.15) is 0 Å². The Bertz CT molecular complexity index is 487. The number of ether oxygens (including phenoxy) is 2. The van der Waals surface area contributed by atoms with Gasteiger partial charge in [-0.25, -0.2) is 0 Å². The molecule has 1 aromatic rings. The van der Waals surface area contributed by atoms with E-state index in [1.807, 2.05) is 12.1 Å². The zero-order valence-corrected chi connectivity index (χ0v) is 11.9. The van der Waals surface area contributed by atoms with Crippen molar-refractivity contribution in [1.29, 1.82) is 0 Å². The minimum atomic E-state index is -0.208. The molecule has 0 aliphatic carbocycles. The van der Waals surface area contributed by atoms with Crippen LogP contribution in [0.2, 0.25) is 0 Å². The number of nitrogens with two attached hydrogens (primary N) is 1. The van der Waals surface area contributed by atoms with Crippen LogP contribution in [-0.2, 0) is 14.3 Å². The van der Waals surface area contributed by atoms with Crippen molar-refractivity contribution < 1.29 is 14.3 Å². The van der Waals surface area contributed by atoms with Gasteiger partial charge in [0.05, 0.1) is 11.8 Å². The van der Waals surface area contributed by atoms with Crippen molar-refractivity contribution in [3.8, 4) is 0 Å². The number of hydrogen-bond acceptors (Lipinski definition) is 4. The second-order valence-electron chi connectivity index (χ2n) is 4.58. The largest absolute Gasteiger partial charge is 0.389 e. The summed E-state index contributed by atoms with van der Waals surface area (Å²) >= 11 is 4.95. The zero-order chi connectivity index (χ0) is 14.4. The maximum atomic E-state index is 11.9. The molecule has 6 heteroatoms. The molecule has 0 saturated carbocycles. The molecule has 5 nitrogen and oxygen atoms in total. The molecule has 1 aromatic carbocycles. The molecule has 20 heavy (non-hydrogen) atoms. The highest BCUT2D eigenvalue weighted by atomic mass is 32.1. The van der Waals surface area contributed by atoms with Crippen LogP contribution in [0.5, 0.6) is 0 Å². The molecule has 0 radical (unpaired) electrons. The molecule has 1 aliphatic rings. The summed E-state index contributed by atoms with van der Waals surface area (Å²) in [6, 6.07) is 7.18. The number of anilines is 1. The Hall–Kier alpha value is -1.50. The SMILES string of the molecule is NC(=S)c1ccccc1NC(=O)COC1CCOCC1. The average molecular weight is 294 g/mol. The first kappa shape index (κ1) is 14.9. The molecule has 1 amide bonds. The summed E-state index contributed by atoms with van der Waals surface area (Å²) in [5.41, 5.74) is 6.88. The van der Waals surface area contributed by atoms with Crippen LogP contribution in [0.25, 0.3) is 0 Å². The summed E-state index contributed by atoms with van der Waals surface area (Å²) in [6.07, 6.45) is 1.76. The Morgan fingerprint density at radius 3 is 2.80 bits per heavy atom. The van der Waals surface area contributed by atoms with Crippen LogP contribution >= 0.6 is 12.2 Å². The van der Waals surface area contributed by atoms with E-state index >= 15 is 0 Å². The summed E-state index contributed by atoms with van der Waals surface area (Å²) < 4.78 is 10.8. The van der Waals surface area contributed by atoms with Gasteiger partial charge in [-0.05, 0) is 25.0 Å². The van der Waals surface area contributed by atoms with Crippen molar-refractivity contribution >= 4 is 28.8 Å². The molecule has 1 aliphatic heterocycles. The average Bonchev–Trinajstić information content (AvgIpc) is 2.46. The van der Waals surface area contributed by atoms with E-state index in [2.05, 4.69) is 5.32 Å². The van der Waals surface area contributed by atoms with Gasteiger partial charge in [-0.1, -0.05) is 24.4 Å². The minimum Gasteiger partial charge on any atom is -0.389 e. The molecule has 108 valence electrons. The highest BCUT2D eigenvalue weighted by Crippen LogP contribution is 2.15. The maximum Gasteiger partial charge on any atom is 0.250 e. The van der Waals surface area contributed by atoms with Crippen molar-refractivity contribution in [3.05, 3.63) is 29.8 Å². The number of benzene rings is 1. The smallest absolute Gasteiger partial charge is 0.250 e. The third-order valence-electron chi connectivity index (χ3n) is 3.09. The first-order valence-corrected chi connectivity index (χ1v) is 6.95. The molecule has 0 atom stereocenters. The molecule has 1 heterocycles. The molecular formula is C14H18N2O3S. The van der Waals surface area contributed by atoms with Crippen LogP contribution in [-0.4, -0.2) is 36.8 Å². The van der Waals surface area contributed by atoms with Gasteiger partial charge in [0.1, 0.15) is 11.6 Å². The molecule has 1 fully saturated rings. The Labute approximate surface area is 123 Å². The highest BCUT2D eigenvalue weighted by molar-refractivity contribution is 7.80. The zero-order valence-electron chi connectivity index (χ0n) is 11.1. The monoisotopic (exact) mass is 294 g/mol. The van der Waals surface area contributed by atoms with Crippen LogP contribution < -0.4 is 11.1 Å². The lowest BCUT2D eigenvalue weighted by atomic mass is 10.1. The van der Waals surface area contributed by atoms with Crippen molar-refractivity contribution in [2.45, 2.75) is 18.9 Å². The molecule has 2 rings (SSSR count). The fourth-order valence-corrected chi connectivity index (χ4v) is 2.21. The summed E-state index contributed by atoms with van der Waals surface area (Å²) in [5, 5.41) is 2.77. The van der Waals surface area contributed by atoms with E-state index in [0.717, 1.165) is 12.8 Å². The Balaban J connectivity index is 1.86. The summed E-state index contributed by atoms with van der Waals surface area (Å²) in [5.74, 6) is -0.208. The Morgan fingerprint density at radius 1 is 1.40 bits per heavy atom. The minimum absolute atomic E-state index is 0.0241. The van der Waals surface area contributed by atoms with Gasteiger partial charge in [-0.15, -0.1) is 0 Å². The van der Waals surface area contributed by atoms with Crippen LogP contribution in [0.15, 0.2) is 24.3 Å². The van der Waals surface area contributed by atoms with Crippen molar-refractivity contribution in [1.82, 2.24) is 0 Å². The highest BCUT2D eigenvalue weighted by Gasteiger charge is 2.16. The van der Waals surface area contributed by atoms with Gasteiger partial charge in [0.2, 0.25) is 5.91 Å². The third kappa shape index (κ3) is 4.26. The van der Waals surface area contributed by atoms with Crippen molar-refractivity contribution in [2.24, 2.45) is 5.73 Å². The van der Waals surface area contributed by atoms with E-state index in [4.69, 9.17) is 27.4 Å². The van der Waals surface area contributed by atoms with Crippen molar-refractivity contribution in [2.75, 3.05) is 25.1 Å². The molecule has 0 unspecified atom stereocenters. The van der Waals surface area contributed by atoms with Gasteiger partial charge in [0.25, 0.3) is 0 Å². The molecule has 0 spiro atoms. The molecule has 0 aromatic heterocycles. The van der Waals surface area contributed by atoms with Crippen LogP contribution in [0.3, 0.4) is 0 Å². The van der Waals surface area contributed by atoms with E-state index in [1.165, 1.54) is 0 Å². The van der Waals surface area contributed by atoms with E-state index in [0.29, 0.717) is 24.5 Å². The number of thiocarbonyl (C=S) groups is 1. The lowest BCUT2D eigenvalue weighted by Gasteiger charge is -2.22. The van der Waals surface area contributed by atoms with Crippen LogP contribution in [0.4, 0.5) is 5.69 Å². The Kier molecular flexibility index (Phi) is 5.46. The predicted molar refractivity (Wildman–Crippen MR) is 80.8 cm³/mol. The lowest BCUT2D eigenvalue weighted by Crippen LogP contribution is -2.28. The number of carbonyl (C=O) groups is 1. The standard InChI is InChI=1S/C14H18N2O3S/c15-14(20)11-3-1-2-4-12(11)16-13(17)9-19-10-5-7-18-8-6-10/h1-4,10H,5-9H2,(H2,15,20)(H,16,17). The number of para-hydroxylation sites is 1. The number of amides is 1. The second kappa shape index (κ2) is 7.33. The topological polar surface area (TPSA) is 73.6 Å². The van der Waals surface area contributed by atoms with Gasteiger partial charge >= 0.3 is 0 Å². The first-order chi connectivity index (χ1) is 9.66. The van der Waals surface area contributed by atoms with Gasteiger partial charge < -0.3 is 20.5 Å². The van der Waals surface area contributed by atoms with Crippen molar-refractivity contribution in [3.63, 3.8) is 0 Å². The predicted octanol–water partition coefficient (Wildman–Crippen LogP) is 1.45. The molecular weight excluding hydrogens is 276 g/mol. The van der Waals surface area contributed by atoms with Gasteiger partial charge in [0, 0.05) is 18.8 Å². The van der Waals surface area contributed by atoms with Gasteiger partial charge in [0.15, 0.2) is 0 Å². The van der Waals surface area contributed by atoms with Crippen LogP contribution in [0.1, 0.15) is 18.4 Å². The number of hydrogen-bond donors (Lipinski definition) is 2. The summed E-state index contributed by atoms with van der Waals surface area (Å²) in [6.45, 7) is 1.41. The summed E-state index contributed by atoms with van der Waals surface area (Å²) in [7, 11) is 0. The summed E-state index contributed by atoms with van der Waals surface area (Å²) in [4.78, 5) is 12.1. The number of nitrogens with one attached hydrogen (secondary N) is 1. The maximum absolute atomic E-state index is 11.9. The normalized spacial score (nSPS) is 15.8. The lowest BCUT2D eigenvalue weighted by molar-refractivity contribution is -0.124. The molecule has 3 N–H and O–H groups in total. The van der Waals surface area contributed by atoms with Gasteiger partial charge in [-0.3, -0.25) is 4.79 Å². The first-order valence-electron chi connectivity index (χ1n) is 6.55. The Morgan fingerprint density at radius 2 is 2.10 bits per heavy atom. The van der Waals surface area contributed by atoms with E-state index in [1.54, 1.807) is 12.1 Å². The van der Waals surface area contributed by atoms with E-state index in [9.17, 15) is 4.79 Å². The fraction of sp³-hybridized carbons (Fsp3) is 0.429. The molecule has 0 bridgehead atoms. The molecule has 1 saturated heterocycles. The van der Waals surface area contributed by atoms with Crippen LogP contribution in [0, 0.1) is 0 Å². The van der Waals surface area contributed by atoms with E-state index < -0.39 is 0 Å². The second-order valence-corrected chi connectivity index (χ2v) is 5.02. The quantitative estimate of drug-likeness (QED) is 0.804. The number of carbonyl (C=O) groups excluding carboxylic acids is 1. The van der Waals surface area contributed by atoms with E-state index in [-0.39, 0.29) is 23.6 Å². The number of rotatable bonds is 5. The fourth-order valence-electron chi connectivity index (χ4n) is 2.03. The third-order valence-corrected chi connectivity index (χ3v) is 3.30.